The predicted molar refractivity (Wildman–Crippen MR) is 126 cm³/mol. The molecule has 1 amide bonds. The highest BCUT2D eigenvalue weighted by molar-refractivity contribution is 9.10. The second-order valence-electron chi connectivity index (χ2n) is 7.93. The van der Waals surface area contributed by atoms with Crippen LogP contribution < -0.4 is 14.8 Å². The maximum absolute atomic E-state index is 12.4. The van der Waals surface area contributed by atoms with Crippen LogP contribution in [0.1, 0.15) is 26.3 Å². The van der Waals surface area contributed by atoms with Gasteiger partial charge in [0.2, 0.25) is 5.95 Å². The van der Waals surface area contributed by atoms with Crippen molar-refractivity contribution in [2.45, 2.75) is 31.1 Å². The topological polar surface area (TPSA) is 110 Å². The Morgan fingerprint density at radius 3 is 2.34 bits per heavy atom. The first kappa shape index (κ1) is 23.7. The number of aromatic nitrogens is 2. The van der Waals surface area contributed by atoms with Gasteiger partial charge in [-0.3, -0.25) is 4.79 Å². The van der Waals surface area contributed by atoms with E-state index in [9.17, 15) is 13.2 Å². The van der Waals surface area contributed by atoms with Crippen molar-refractivity contribution in [3.8, 4) is 5.75 Å². The lowest BCUT2D eigenvalue weighted by Gasteiger charge is -2.23. The molecule has 2 aromatic carbocycles. The van der Waals surface area contributed by atoms with E-state index in [2.05, 4.69) is 56.7 Å². The first-order valence-corrected chi connectivity index (χ1v) is 11.9. The Kier molecular flexibility index (Phi) is 7.15. The maximum Gasteiger partial charge on any atom is 0.264 e. The van der Waals surface area contributed by atoms with E-state index in [1.165, 1.54) is 36.7 Å². The minimum Gasteiger partial charge on any atom is -0.483 e. The number of amides is 1. The van der Waals surface area contributed by atoms with Crippen molar-refractivity contribution in [1.29, 1.82) is 0 Å². The van der Waals surface area contributed by atoms with Crippen LogP contribution in [0.5, 0.6) is 5.75 Å². The van der Waals surface area contributed by atoms with Crippen LogP contribution in [0.25, 0.3) is 0 Å². The number of hydrogen-bond donors (Lipinski definition) is 2. The molecule has 8 nitrogen and oxygen atoms in total. The molecule has 0 atom stereocenters. The van der Waals surface area contributed by atoms with Crippen molar-refractivity contribution in [2.24, 2.45) is 0 Å². The lowest BCUT2D eigenvalue weighted by Crippen LogP contribution is -2.22. The van der Waals surface area contributed by atoms with E-state index in [0.29, 0.717) is 11.4 Å². The van der Waals surface area contributed by atoms with Gasteiger partial charge in [0, 0.05) is 28.1 Å². The minimum atomic E-state index is -3.84. The average molecular weight is 519 g/mol. The zero-order chi connectivity index (χ0) is 23.4. The van der Waals surface area contributed by atoms with Crippen LogP contribution in [-0.4, -0.2) is 30.9 Å². The fourth-order valence-corrected chi connectivity index (χ4v) is 4.12. The molecular formula is C22H23BrN4O4S. The Morgan fingerprint density at radius 1 is 1.06 bits per heavy atom. The minimum absolute atomic E-state index is 0.0175. The molecule has 3 aromatic rings. The van der Waals surface area contributed by atoms with Crippen LogP contribution in [0.4, 0.5) is 11.6 Å². The van der Waals surface area contributed by atoms with Gasteiger partial charge in [-0.05, 0) is 53.9 Å². The first-order chi connectivity index (χ1) is 15.0. The van der Waals surface area contributed by atoms with E-state index in [4.69, 9.17) is 4.74 Å². The van der Waals surface area contributed by atoms with Crippen LogP contribution in [-0.2, 0) is 20.2 Å². The van der Waals surface area contributed by atoms with Crippen LogP contribution in [0.2, 0.25) is 0 Å². The van der Waals surface area contributed by atoms with Gasteiger partial charge in [-0.1, -0.05) is 36.7 Å². The molecule has 10 heteroatoms. The molecular weight excluding hydrogens is 496 g/mol. The molecule has 0 unspecified atom stereocenters. The quantitative estimate of drug-likeness (QED) is 0.480. The predicted octanol–water partition coefficient (Wildman–Crippen LogP) is 4.35. The number of ether oxygens (including phenoxy) is 1. The lowest BCUT2D eigenvalue weighted by molar-refractivity contribution is -0.118. The molecule has 0 saturated heterocycles. The van der Waals surface area contributed by atoms with E-state index in [-0.39, 0.29) is 28.8 Å². The van der Waals surface area contributed by atoms with E-state index >= 15 is 0 Å². The molecule has 168 valence electrons. The summed E-state index contributed by atoms with van der Waals surface area (Å²) < 4.78 is 33.8. The molecule has 0 radical (unpaired) electrons. The standard InChI is InChI=1S/C22H23BrN4O4S/c1-22(2,3)18-13-15(23)5-10-19(18)31-14-20(28)26-16-6-8-17(9-7-16)32(29,30)27-21-24-11-4-12-25-21/h4-13H,14H2,1-3H3,(H,26,28)(H,24,25,27). The van der Waals surface area contributed by atoms with Crippen LogP contribution in [0, 0.1) is 0 Å². The van der Waals surface area contributed by atoms with Gasteiger partial charge in [0.15, 0.2) is 6.61 Å². The van der Waals surface area contributed by atoms with E-state index in [1.807, 2.05) is 18.2 Å². The first-order valence-electron chi connectivity index (χ1n) is 9.67. The zero-order valence-electron chi connectivity index (χ0n) is 17.8. The zero-order valence-corrected chi connectivity index (χ0v) is 20.2. The lowest BCUT2D eigenvalue weighted by atomic mass is 9.86. The van der Waals surface area contributed by atoms with Crippen molar-refractivity contribution in [1.82, 2.24) is 9.97 Å². The number of nitrogens with one attached hydrogen (secondary N) is 2. The number of nitrogens with zero attached hydrogens (tertiary/aromatic N) is 2. The summed E-state index contributed by atoms with van der Waals surface area (Å²) in [6.07, 6.45) is 2.87. The smallest absolute Gasteiger partial charge is 0.264 e. The number of sulfonamides is 1. The Hall–Kier alpha value is -2.98. The number of carbonyl (C=O) groups is 1. The molecule has 1 heterocycles. The van der Waals surface area contributed by atoms with E-state index in [0.717, 1.165) is 10.0 Å². The molecule has 0 aliphatic carbocycles. The fourth-order valence-electron chi connectivity index (χ4n) is 2.80. The van der Waals surface area contributed by atoms with Crippen molar-refractivity contribution < 1.29 is 17.9 Å². The van der Waals surface area contributed by atoms with Crippen LogP contribution in [0.3, 0.4) is 0 Å². The summed E-state index contributed by atoms with van der Waals surface area (Å²) in [6, 6.07) is 13.0. The monoisotopic (exact) mass is 518 g/mol. The van der Waals surface area contributed by atoms with Gasteiger partial charge in [-0.2, -0.15) is 0 Å². The number of anilines is 2. The second-order valence-corrected chi connectivity index (χ2v) is 10.5. The molecule has 2 N–H and O–H groups in total. The van der Waals surface area contributed by atoms with Gasteiger partial charge in [0.25, 0.3) is 15.9 Å². The number of hydrogen-bond acceptors (Lipinski definition) is 6. The van der Waals surface area contributed by atoms with Gasteiger partial charge in [0.1, 0.15) is 5.75 Å². The average Bonchev–Trinajstić information content (AvgIpc) is 2.73. The summed E-state index contributed by atoms with van der Waals surface area (Å²) in [5.41, 5.74) is 1.26. The number of rotatable bonds is 7. The van der Waals surface area contributed by atoms with Crippen molar-refractivity contribution >= 4 is 43.5 Å². The SMILES string of the molecule is CC(C)(C)c1cc(Br)ccc1OCC(=O)Nc1ccc(S(=O)(=O)Nc2ncccn2)cc1. The highest BCUT2D eigenvalue weighted by Crippen LogP contribution is 2.33. The van der Waals surface area contributed by atoms with Gasteiger partial charge >= 0.3 is 0 Å². The molecule has 0 aliphatic heterocycles. The number of halogens is 1. The molecule has 3 rings (SSSR count). The molecule has 32 heavy (non-hydrogen) atoms. The van der Waals surface area contributed by atoms with Crippen molar-refractivity contribution in [3.05, 3.63) is 71.0 Å². The summed E-state index contributed by atoms with van der Waals surface area (Å²) in [5, 5.41) is 2.70. The van der Waals surface area contributed by atoms with Gasteiger partial charge in [-0.15, -0.1) is 0 Å². The normalized spacial score (nSPS) is 11.6. The Bertz CT molecular complexity index is 1190. The van der Waals surface area contributed by atoms with E-state index < -0.39 is 10.0 Å². The molecule has 1 aromatic heterocycles. The molecule has 0 fully saturated rings. The summed E-state index contributed by atoms with van der Waals surface area (Å²) in [6.45, 7) is 6.01. The second kappa shape index (κ2) is 9.66. The Balaban J connectivity index is 1.62. The Morgan fingerprint density at radius 2 is 1.72 bits per heavy atom. The highest BCUT2D eigenvalue weighted by atomic mass is 79.9. The van der Waals surface area contributed by atoms with Crippen molar-refractivity contribution in [2.75, 3.05) is 16.6 Å². The van der Waals surface area contributed by atoms with Gasteiger partial charge < -0.3 is 10.1 Å². The summed E-state index contributed by atoms with van der Waals surface area (Å²) in [5.74, 6) is 0.246. The summed E-state index contributed by atoms with van der Waals surface area (Å²) in [4.78, 5) is 20.0. The van der Waals surface area contributed by atoms with E-state index in [1.54, 1.807) is 6.07 Å². The van der Waals surface area contributed by atoms with Crippen molar-refractivity contribution in [3.63, 3.8) is 0 Å². The number of benzene rings is 2. The molecule has 0 aliphatic rings. The highest BCUT2D eigenvalue weighted by Gasteiger charge is 2.20. The molecule has 0 spiro atoms. The third-order valence-electron chi connectivity index (χ3n) is 4.35. The third-order valence-corrected chi connectivity index (χ3v) is 6.19. The third kappa shape index (κ3) is 6.27. The summed E-state index contributed by atoms with van der Waals surface area (Å²) >= 11 is 3.46. The largest absolute Gasteiger partial charge is 0.483 e. The maximum atomic E-state index is 12.4. The molecule has 0 saturated carbocycles. The van der Waals surface area contributed by atoms with Gasteiger partial charge in [-0.25, -0.2) is 23.1 Å². The summed E-state index contributed by atoms with van der Waals surface area (Å²) in [7, 11) is -3.84. The van der Waals surface area contributed by atoms with Gasteiger partial charge in [0.05, 0.1) is 4.90 Å². The van der Waals surface area contributed by atoms with Crippen LogP contribution >= 0.6 is 15.9 Å². The molecule has 0 bridgehead atoms. The number of carbonyl (C=O) groups excluding carboxylic acids is 1. The fraction of sp³-hybridized carbons (Fsp3) is 0.227. The van der Waals surface area contributed by atoms with Crippen LogP contribution in [0.15, 0.2) is 70.3 Å². The Labute approximate surface area is 195 Å².